The quantitative estimate of drug-likeness (QED) is 0.800. The van der Waals surface area contributed by atoms with Crippen LogP contribution >= 0.6 is 0 Å². The second-order valence-electron chi connectivity index (χ2n) is 5.12. The third-order valence-corrected chi connectivity index (χ3v) is 3.71. The average Bonchev–Trinajstić information content (AvgIpc) is 2.46. The minimum atomic E-state index is 0.236. The van der Waals surface area contributed by atoms with Gasteiger partial charge in [0.25, 0.3) is 0 Å². The minimum absolute atomic E-state index is 0.236. The van der Waals surface area contributed by atoms with E-state index in [0.717, 1.165) is 30.8 Å². The fraction of sp³-hybridized carbons (Fsp3) is 0.562. The Hall–Kier alpha value is -1.35. The molecule has 1 heterocycles. The average molecular weight is 261 g/mol. The standard InChI is InChI=1S/C16H23NO2/c1-2-19-15-5-3-4-14(12-15)16(18)7-6-13-8-10-17-11-9-13/h3-5,12-13,17H,2,6-11H2,1H3. The topological polar surface area (TPSA) is 38.3 Å². The number of carbonyl (C=O) groups excluding carboxylic acids is 1. The van der Waals surface area contributed by atoms with Crippen molar-refractivity contribution in [2.45, 2.75) is 32.6 Å². The number of benzene rings is 1. The van der Waals surface area contributed by atoms with E-state index in [0.29, 0.717) is 18.9 Å². The van der Waals surface area contributed by atoms with Crippen LogP contribution in [-0.2, 0) is 0 Å². The molecule has 0 saturated carbocycles. The maximum atomic E-state index is 12.2. The molecule has 0 radical (unpaired) electrons. The van der Waals surface area contributed by atoms with Crippen LogP contribution in [0.4, 0.5) is 0 Å². The summed E-state index contributed by atoms with van der Waals surface area (Å²) in [6, 6.07) is 7.53. The number of ether oxygens (including phenoxy) is 1. The number of piperidine rings is 1. The van der Waals surface area contributed by atoms with Crippen molar-refractivity contribution in [3.05, 3.63) is 29.8 Å². The molecule has 1 aromatic carbocycles. The van der Waals surface area contributed by atoms with Gasteiger partial charge in [-0.25, -0.2) is 0 Å². The Morgan fingerprint density at radius 3 is 2.89 bits per heavy atom. The summed E-state index contributed by atoms with van der Waals surface area (Å²) in [5.74, 6) is 1.73. The Bertz CT molecular complexity index is 411. The van der Waals surface area contributed by atoms with Gasteiger partial charge in [0, 0.05) is 12.0 Å². The monoisotopic (exact) mass is 261 g/mol. The Morgan fingerprint density at radius 2 is 2.16 bits per heavy atom. The van der Waals surface area contributed by atoms with Crippen LogP contribution in [-0.4, -0.2) is 25.5 Å². The molecular formula is C16H23NO2. The van der Waals surface area contributed by atoms with Crippen molar-refractivity contribution in [1.82, 2.24) is 5.32 Å². The molecule has 3 nitrogen and oxygen atoms in total. The Labute approximate surface area is 115 Å². The normalized spacial score (nSPS) is 16.3. The van der Waals surface area contributed by atoms with Gasteiger partial charge < -0.3 is 10.1 Å². The van der Waals surface area contributed by atoms with E-state index < -0.39 is 0 Å². The van der Waals surface area contributed by atoms with Gasteiger partial charge in [0.1, 0.15) is 5.75 Å². The molecule has 3 heteroatoms. The molecule has 1 aliphatic heterocycles. The van der Waals surface area contributed by atoms with Crippen LogP contribution in [0.2, 0.25) is 0 Å². The fourth-order valence-corrected chi connectivity index (χ4v) is 2.58. The molecule has 0 bridgehead atoms. The summed E-state index contributed by atoms with van der Waals surface area (Å²) in [5, 5.41) is 3.35. The highest BCUT2D eigenvalue weighted by molar-refractivity contribution is 5.96. The van der Waals surface area contributed by atoms with E-state index in [-0.39, 0.29) is 5.78 Å². The van der Waals surface area contributed by atoms with Crippen LogP contribution < -0.4 is 10.1 Å². The zero-order valence-electron chi connectivity index (χ0n) is 11.7. The second kappa shape index (κ2) is 7.29. The van der Waals surface area contributed by atoms with Gasteiger partial charge in [-0.1, -0.05) is 12.1 Å². The highest BCUT2D eigenvalue weighted by Crippen LogP contribution is 2.20. The number of Topliss-reactive ketones (excluding diaryl/α,β-unsaturated/α-hetero) is 1. The molecule has 0 unspecified atom stereocenters. The van der Waals surface area contributed by atoms with Crippen molar-refractivity contribution in [2.75, 3.05) is 19.7 Å². The van der Waals surface area contributed by atoms with Crippen molar-refractivity contribution < 1.29 is 9.53 Å². The van der Waals surface area contributed by atoms with E-state index in [2.05, 4.69) is 5.32 Å². The van der Waals surface area contributed by atoms with Crippen molar-refractivity contribution in [2.24, 2.45) is 5.92 Å². The van der Waals surface area contributed by atoms with Crippen LogP contribution in [0.15, 0.2) is 24.3 Å². The smallest absolute Gasteiger partial charge is 0.163 e. The molecule has 0 spiro atoms. The zero-order chi connectivity index (χ0) is 13.5. The highest BCUT2D eigenvalue weighted by Gasteiger charge is 2.15. The molecule has 1 aliphatic rings. The molecule has 104 valence electrons. The first kappa shape index (κ1) is 14.1. The van der Waals surface area contributed by atoms with Gasteiger partial charge in [0.05, 0.1) is 6.61 Å². The molecule has 0 atom stereocenters. The SMILES string of the molecule is CCOc1cccc(C(=O)CCC2CCNCC2)c1. The Kier molecular flexibility index (Phi) is 5.40. The number of hydrogen-bond donors (Lipinski definition) is 1. The number of nitrogens with one attached hydrogen (secondary N) is 1. The Balaban J connectivity index is 1.86. The van der Waals surface area contributed by atoms with Gasteiger partial charge in [-0.05, 0) is 57.3 Å². The maximum Gasteiger partial charge on any atom is 0.163 e. The van der Waals surface area contributed by atoms with Gasteiger partial charge in [-0.3, -0.25) is 4.79 Å². The largest absolute Gasteiger partial charge is 0.494 e. The van der Waals surface area contributed by atoms with Crippen LogP contribution in [0.5, 0.6) is 5.75 Å². The first-order chi connectivity index (χ1) is 9.29. The van der Waals surface area contributed by atoms with Crippen LogP contribution in [0.3, 0.4) is 0 Å². The van der Waals surface area contributed by atoms with Crippen molar-refractivity contribution in [3.63, 3.8) is 0 Å². The van der Waals surface area contributed by atoms with Crippen LogP contribution in [0.25, 0.3) is 0 Å². The summed E-state index contributed by atoms with van der Waals surface area (Å²) in [6.45, 7) is 4.77. The van der Waals surface area contributed by atoms with Gasteiger partial charge >= 0.3 is 0 Å². The molecule has 0 aliphatic carbocycles. The van der Waals surface area contributed by atoms with E-state index in [1.807, 2.05) is 31.2 Å². The summed E-state index contributed by atoms with van der Waals surface area (Å²) in [4.78, 5) is 12.2. The van der Waals surface area contributed by atoms with E-state index >= 15 is 0 Å². The lowest BCUT2D eigenvalue weighted by Gasteiger charge is -2.22. The molecule has 1 N–H and O–H groups in total. The number of rotatable bonds is 6. The molecule has 2 rings (SSSR count). The van der Waals surface area contributed by atoms with Crippen molar-refractivity contribution >= 4 is 5.78 Å². The molecule has 0 aromatic heterocycles. The third kappa shape index (κ3) is 4.35. The van der Waals surface area contributed by atoms with Crippen LogP contribution in [0, 0.1) is 5.92 Å². The van der Waals surface area contributed by atoms with E-state index in [4.69, 9.17) is 4.74 Å². The fourth-order valence-electron chi connectivity index (χ4n) is 2.58. The number of hydrogen-bond acceptors (Lipinski definition) is 3. The molecule has 1 aromatic rings. The van der Waals surface area contributed by atoms with Gasteiger partial charge in [0.2, 0.25) is 0 Å². The maximum absolute atomic E-state index is 12.2. The summed E-state index contributed by atoms with van der Waals surface area (Å²) in [7, 11) is 0. The van der Waals surface area contributed by atoms with Gasteiger partial charge in [-0.15, -0.1) is 0 Å². The molecule has 1 fully saturated rings. The van der Waals surface area contributed by atoms with Gasteiger partial charge in [-0.2, -0.15) is 0 Å². The minimum Gasteiger partial charge on any atom is -0.494 e. The van der Waals surface area contributed by atoms with Crippen molar-refractivity contribution in [3.8, 4) is 5.75 Å². The summed E-state index contributed by atoms with van der Waals surface area (Å²) in [6.07, 6.45) is 4.07. The Morgan fingerprint density at radius 1 is 1.37 bits per heavy atom. The molecule has 0 amide bonds. The van der Waals surface area contributed by atoms with E-state index in [9.17, 15) is 4.79 Å². The van der Waals surface area contributed by atoms with Crippen molar-refractivity contribution in [1.29, 1.82) is 0 Å². The summed E-state index contributed by atoms with van der Waals surface area (Å²) >= 11 is 0. The van der Waals surface area contributed by atoms with Gasteiger partial charge in [0.15, 0.2) is 5.78 Å². The third-order valence-electron chi connectivity index (χ3n) is 3.71. The molecular weight excluding hydrogens is 238 g/mol. The molecule has 19 heavy (non-hydrogen) atoms. The number of ketones is 1. The first-order valence-electron chi connectivity index (χ1n) is 7.26. The highest BCUT2D eigenvalue weighted by atomic mass is 16.5. The van der Waals surface area contributed by atoms with Crippen LogP contribution in [0.1, 0.15) is 43.0 Å². The predicted molar refractivity (Wildman–Crippen MR) is 76.8 cm³/mol. The second-order valence-corrected chi connectivity index (χ2v) is 5.12. The predicted octanol–water partition coefficient (Wildman–Crippen LogP) is 3.05. The summed E-state index contributed by atoms with van der Waals surface area (Å²) < 4.78 is 5.43. The molecule has 1 saturated heterocycles. The lowest BCUT2D eigenvalue weighted by atomic mass is 9.91. The van der Waals surface area contributed by atoms with E-state index in [1.54, 1.807) is 0 Å². The lowest BCUT2D eigenvalue weighted by molar-refractivity contribution is 0.0970. The lowest BCUT2D eigenvalue weighted by Crippen LogP contribution is -2.27. The zero-order valence-corrected chi connectivity index (χ0v) is 11.7. The number of carbonyl (C=O) groups is 1. The summed E-state index contributed by atoms with van der Waals surface area (Å²) in [5.41, 5.74) is 0.778. The van der Waals surface area contributed by atoms with E-state index in [1.165, 1.54) is 12.8 Å². The first-order valence-corrected chi connectivity index (χ1v) is 7.26.